The second kappa shape index (κ2) is 14.2. The fraction of sp³-hybridized carbons (Fsp3) is 0. The Morgan fingerprint density at radius 1 is 0.138 bits per heavy atom. The molecule has 0 bridgehead atoms. The van der Waals surface area contributed by atoms with Gasteiger partial charge in [-0.3, -0.25) is 0 Å². The summed E-state index contributed by atoms with van der Waals surface area (Å²) in [4.78, 5) is 0. The molecule has 0 N–H and O–H groups in total. The van der Waals surface area contributed by atoms with Gasteiger partial charge < -0.3 is 0 Å². The summed E-state index contributed by atoms with van der Waals surface area (Å²) in [7, 11) is 0. The molecule has 0 radical (unpaired) electrons. The van der Waals surface area contributed by atoms with Crippen molar-refractivity contribution >= 4 is 43.1 Å². The van der Waals surface area contributed by atoms with Gasteiger partial charge in [-0.25, -0.2) is 0 Å². The van der Waals surface area contributed by atoms with Gasteiger partial charge in [0.1, 0.15) is 0 Å². The second-order valence-electron chi connectivity index (χ2n) is 15.2. The van der Waals surface area contributed by atoms with Crippen molar-refractivity contribution in [2.24, 2.45) is 0 Å². The van der Waals surface area contributed by atoms with Gasteiger partial charge in [0.15, 0.2) is 0 Å². The summed E-state index contributed by atoms with van der Waals surface area (Å²) >= 11 is 0. The molecule has 0 heteroatoms. The van der Waals surface area contributed by atoms with Crippen molar-refractivity contribution in [1.82, 2.24) is 0 Å². The summed E-state index contributed by atoms with van der Waals surface area (Å²) in [5.41, 5.74) is 14.9. The summed E-state index contributed by atoms with van der Waals surface area (Å²) in [5.74, 6) is 0. The molecule has 11 aromatic rings. The predicted octanol–water partition coefficient (Wildman–Crippen LogP) is 16.3. The van der Waals surface area contributed by atoms with E-state index in [-0.39, 0.29) is 0 Å². The molecule has 0 saturated carbocycles. The van der Waals surface area contributed by atoms with Crippen LogP contribution in [0, 0.1) is 0 Å². The maximum atomic E-state index is 2.37. The van der Waals surface area contributed by atoms with E-state index in [1.54, 1.807) is 0 Å². The van der Waals surface area contributed by atoms with Crippen LogP contribution in [0.1, 0.15) is 0 Å². The molecule has 0 amide bonds. The molecule has 58 heavy (non-hydrogen) atoms. The van der Waals surface area contributed by atoms with Crippen molar-refractivity contribution in [2.45, 2.75) is 0 Å². The Labute approximate surface area is 339 Å². The first kappa shape index (κ1) is 33.8. The monoisotopic (exact) mass is 734 g/mol. The number of fused-ring (bicyclic) bond motifs is 4. The number of hydrogen-bond donors (Lipinski definition) is 0. The quantitative estimate of drug-likeness (QED) is 0.149. The van der Waals surface area contributed by atoms with Crippen molar-refractivity contribution < 1.29 is 0 Å². The number of hydrogen-bond acceptors (Lipinski definition) is 0. The Bertz CT molecular complexity index is 3190. The first-order chi connectivity index (χ1) is 28.8. The Morgan fingerprint density at radius 2 is 0.362 bits per heavy atom. The summed E-state index contributed by atoms with van der Waals surface area (Å²) in [6.07, 6.45) is 0. The minimum Gasteiger partial charge on any atom is -0.0622 e. The first-order valence-corrected chi connectivity index (χ1v) is 20.1. The van der Waals surface area contributed by atoms with Crippen molar-refractivity contribution in [3.05, 3.63) is 231 Å². The van der Waals surface area contributed by atoms with Crippen LogP contribution < -0.4 is 0 Å². The summed E-state index contributed by atoms with van der Waals surface area (Å²) in [6, 6.07) is 84.3. The molecule has 11 rings (SSSR count). The van der Waals surface area contributed by atoms with Crippen molar-refractivity contribution in [3.8, 4) is 66.8 Å². The third kappa shape index (κ3) is 5.69. The zero-order valence-corrected chi connectivity index (χ0v) is 31.9. The van der Waals surface area contributed by atoms with Crippen LogP contribution in [0.3, 0.4) is 0 Å². The highest BCUT2D eigenvalue weighted by molar-refractivity contribution is 6.22. The van der Waals surface area contributed by atoms with Gasteiger partial charge in [-0.1, -0.05) is 218 Å². The van der Waals surface area contributed by atoms with Crippen LogP contribution in [0.2, 0.25) is 0 Å². The Kier molecular flexibility index (Phi) is 8.26. The summed E-state index contributed by atoms with van der Waals surface area (Å²) < 4.78 is 0. The molecule has 0 aliphatic rings. The van der Waals surface area contributed by atoms with Crippen LogP contribution in [0.15, 0.2) is 231 Å². The van der Waals surface area contributed by atoms with E-state index in [1.807, 2.05) is 0 Å². The van der Waals surface area contributed by atoms with Gasteiger partial charge in [0.25, 0.3) is 0 Å². The minimum atomic E-state index is 1.20. The van der Waals surface area contributed by atoms with Gasteiger partial charge in [-0.05, 0) is 122 Å². The highest BCUT2D eigenvalue weighted by atomic mass is 14.2. The number of rotatable bonds is 6. The van der Waals surface area contributed by atoms with E-state index < -0.39 is 0 Å². The SMILES string of the molecule is c1ccc(-c2c3ccccc3c(-c3ccc(-c4cccc(-c5cccc(-c6c7ccccc7c(-c7ccccc7)c7ccccc67)c5)c4)cc3)c3ccccc23)cc1. The largest absolute Gasteiger partial charge is 0.0622 e. The van der Waals surface area contributed by atoms with E-state index in [4.69, 9.17) is 0 Å². The molecule has 0 fully saturated rings. The molecule has 270 valence electrons. The summed E-state index contributed by atoms with van der Waals surface area (Å²) in [5, 5.41) is 10.2. The average molecular weight is 735 g/mol. The third-order valence-corrected chi connectivity index (χ3v) is 11.8. The molecule has 11 aromatic carbocycles. The lowest BCUT2D eigenvalue weighted by Gasteiger charge is -2.18. The topological polar surface area (TPSA) is 0 Å². The van der Waals surface area contributed by atoms with Gasteiger partial charge in [-0.2, -0.15) is 0 Å². The lowest BCUT2D eigenvalue weighted by Crippen LogP contribution is -1.91. The molecular weight excluding hydrogens is 697 g/mol. The van der Waals surface area contributed by atoms with Crippen LogP contribution in [0.4, 0.5) is 0 Å². The van der Waals surface area contributed by atoms with Crippen molar-refractivity contribution in [2.75, 3.05) is 0 Å². The lowest BCUT2D eigenvalue weighted by molar-refractivity contribution is 1.58. The average Bonchev–Trinajstić information content (AvgIpc) is 3.30. The smallest absolute Gasteiger partial charge is 0.00262 e. The minimum absolute atomic E-state index is 1.20. The maximum absolute atomic E-state index is 2.37. The molecule has 0 nitrogen and oxygen atoms in total. The first-order valence-electron chi connectivity index (χ1n) is 20.1. The van der Waals surface area contributed by atoms with E-state index in [0.717, 1.165) is 0 Å². The summed E-state index contributed by atoms with van der Waals surface area (Å²) in [6.45, 7) is 0. The van der Waals surface area contributed by atoms with Crippen LogP contribution in [-0.2, 0) is 0 Å². The molecule has 0 aliphatic carbocycles. The normalized spacial score (nSPS) is 11.4. The van der Waals surface area contributed by atoms with Gasteiger partial charge >= 0.3 is 0 Å². The maximum Gasteiger partial charge on any atom is -0.00262 e. The Morgan fingerprint density at radius 3 is 0.724 bits per heavy atom. The van der Waals surface area contributed by atoms with Gasteiger partial charge in [0.2, 0.25) is 0 Å². The molecular formula is C58H38. The van der Waals surface area contributed by atoms with Gasteiger partial charge in [0.05, 0.1) is 0 Å². The number of benzene rings is 11. The van der Waals surface area contributed by atoms with Crippen LogP contribution in [0.5, 0.6) is 0 Å². The van der Waals surface area contributed by atoms with Gasteiger partial charge in [0, 0.05) is 0 Å². The molecule has 0 atom stereocenters. The van der Waals surface area contributed by atoms with E-state index in [0.29, 0.717) is 0 Å². The fourth-order valence-corrected chi connectivity index (χ4v) is 9.27. The zero-order chi connectivity index (χ0) is 38.4. The second-order valence-corrected chi connectivity index (χ2v) is 15.2. The lowest BCUT2D eigenvalue weighted by atomic mass is 9.85. The molecule has 0 spiro atoms. The molecule has 0 aromatic heterocycles. The predicted molar refractivity (Wildman–Crippen MR) is 249 cm³/mol. The van der Waals surface area contributed by atoms with E-state index in [1.165, 1.54) is 110 Å². The molecule has 0 saturated heterocycles. The molecule has 0 aliphatic heterocycles. The highest BCUT2D eigenvalue weighted by Crippen LogP contribution is 2.46. The van der Waals surface area contributed by atoms with Crippen LogP contribution in [-0.4, -0.2) is 0 Å². The van der Waals surface area contributed by atoms with Crippen molar-refractivity contribution in [3.63, 3.8) is 0 Å². The Balaban J connectivity index is 0.995. The van der Waals surface area contributed by atoms with Crippen molar-refractivity contribution in [1.29, 1.82) is 0 Å². The standard InChI is InChI=1S/C58H38/c1-3-17-40(18-4-1)55-47-25-7-9-27-49(47)57(50-28-10-8-26-48(50)55)42-35-33-39(34-36-42)43-21-15-22-44(37-43)45-23-16-24-46(38-45)58-53-31-13-11-29-51(53)56(41-19-5-2-6-20-41)52-30-12-14-32-54(52)58/h1-38H. The van der Waals surface area contributed by atoms with E-state index >= 15 is 0 Å². The fourth-order valence-electron chi connectivity index (χ4n) is 9.27. The molecule has 0 heterocycles. The Hall–Kier alpha value is -7.54. The zero-order valence-electron chi connectivity index (χ0n) is 31.9. The van der Waals surface area contributed by atoms with E-state index in [2.05, 4.69) is 231 Å². The van der Waals surface area contributed by atoms with E-state index in [9.17, 15) is 0 Å². The van der Waals surface area contributed by atoms with Crippen LogP contribution >= 0.6 is 0 Å². The van der Waals surface area contributed by atoms with Crippen LogP contribution in [0.25, 0.3) is 110 Å². The van der Waals surface area contributed by atoms with Gasteiger partial charge in [-0.15, -0.1) is 0 Å². The molecule has 0 unspecified atom stereocenters. The highest BCUT2D eigenvalue weighted by Gasteiger charge is 2.18. The third-order valence-electron chi connectivity index (χ3n) is 11.8.